The van der Waals surface area contributed by atoms with Gasteiger partial charge in [-0.2, -0.15) is 0 Å². The lowest BCUT2D eigenvalue weighted by Gasteiger charge is -2.33. The molecule has 0 unspecified atom stereocenters. The van der Waals surface area contributed by atoms with Gasteiger partial charge in [-0.15, -0.1) is 0 Å². The van der Waals surface area contributed by atoms with Crippen molar-refractivity contribution in [3.63, 3.8) is 0 Å². The van der Waals surface area contributed by atoms with Crippen molar-refractivity contribution in [1.82, 2.24) is 10.1 Å². The van der Waals surface area contributed by atoms with Crippen molar-refractivity contribution in [3.8, 4) is 11.3 Å². The summed E-state index contributed by atoms with van der Waals surface area (Å²) in [5.74, 6) is 0.534. The molecule has 1 amide bonds. The van der Waals surface area contributed by atoms with Crippen LogP contribution in [0.15, 0.2) is 40.9 Å². The third-order valence-electron chi connectivity index (χ3n) is 3.94. The van der Waals surface area contributed by atoms with E-state index in [1.165, 1.54) is 0 Å². The first-order valence-corrected chi connectivity index (χ1v) is 9.28. The molecule has 2 heterocycles. The molecule has 0 spiro atoms. The van der Waals surface area contributed by atoms with Crippen LogP contribution in [-0.2, 0) is 21.1 Å². The van der Waals surface area contributed by atoms with Gasteiger partial charge < -0.3 is 9.42 Å². The van der Waals surface area contributed by atoms with Crippen molar-refractivity contribution >= 4 is 15.7 Å². The minimum atomic E-state index is -3.03. The number of aromatic nitrogens is 1. The van der Waals surface area contributed by atoms with E-state index in [9.17, 15) is 13.2 Å². The van der Waals surface area contributed by atoms with Gasteiger partial charge in [0.1, 0.15) is 0 Å². The molecule has 1 aromatic heterocycles. The summed E-state index contributed by atoms with van der Waals surface area (Å²) >= 11 is 0. The monoisotopic (exact) mass is 334 g/mol. The van der Waals surface area contributed by atoms with Crippen molar-refractivity contribution < 1.29 is 17.7 Å². The average Bonchev–Trinajstić information content (AvgIpc) is 2.95. The number of nitrogens with zero attached hydrogens (tertiary/aromatic N) is 2. The number of benzene rings is 1. The minimum Gasteiger partial charge on any atom is -0.356 e. The van der Waals surface area contributed by atoms with Crippen LogP contribution in [0.1, 0.15) is 12.6 Å². The Kier molecular flexibility index (Phi) is 4.21. The van der Waals surface area contributed by atoms with Crippen LogP contribution >= 0.6 is 0 Å². The number of carbonyl (C=O) groups is 1. The summed E-state index contributed by atoms with van der Waals surface area (Å²) < 4.78 is 28.4. The molecular weight excluding hydrogens is 316 g/mol. The normalized spacial score (nSPS) is 20.4. The Morgan fingerprint density at radius 1 is 1.35 bits per heavy atom. The zero-order valence-electron chi connectivity index (χ0n) is 12.8. The van der Waals surface area contributed by atoms with E-state index in [1.54, 1.807) is 17.9 Å². The molecule has 0 saturated carbocycles. The van der Waals surface area contributed by atoms with E-state index < -0.39 is 9.84 Å². The smallest absolute Gasteiger partial charge is 0.229 e. The van der Waals surface area contributed by atoms with Crippen LogP contribution in [0.25, 0.3) is 11.3 Å². The molecule has 0 radical (unpaired) electrons. The first-order valence-electron chi connectivity index (χ1n) is 7.45. The maximum absolute atomic E-state index is 12.4. The Hall–Kier alpha value is -2.15. The first-order chi connectivity index (χ1) is 10.9. The largest absolute Gasteiger partial charge is 0.356 e. The number of sulfone groups is 1. The summed E-state index contributed by atoms with van der Waals surface area (Å²) in [7, 11) is -3.03. The second-order valence-electron chi connectivity index (χ2n) is 5.78. The Balaban J connectivity index is 1.68. The van der Waals surface area contributed by atoms with Gasteiger partial charge in [0.2, 0.25) is 5.91 Å². The van der Waals surface area contributed by atoms with Gasteiger partial charge in [0.05, 0.1) is 23.6 Å². The maximum Gasteiger partial charge on any atom is 0.229 e. The zero-order chi connectivity index (χ0) is 16.4. The number of amides is 1. The lowest BCUT2D eigenvalue weighted by Crippen LogP contribution is -2.50. The lowest BCUT2D eigenvalue weighted by molar-refractivity contribution is -0.132. The van der Waals surface area contributed by atoms with Gasteiger partial charge >= 0.3 is 0 Å². The first kappa shape index (κ1) is 15.7. The molecule has 23 heavy (non-hydrogen) atoms. The van der Waals surface area contributed by atoms with Crippen molar-refractivity contribution in [2.75, 3.05) is 18.1 Å². The summed E-state index contributed by atoms with van der Waals surface area (Å²) in [6.45, 7) is 2.00. The SMILES string of the molecule is C[C@H]1CS(=O)(=O)CCN1C(=O)Cc1cc(-c2ccccc2)on1. The van der Waals surface area contributed by atoms with Crippen LogP contribution in [-0.4, -0.2) is 48.5 Å². The van der Waals surface area contributed by atoms with Crippen molar-refractivity contribution in [2.45, 2.75) is 19.4 Å². The minimum absolute atomic E-state index is 0.0207. The quantitative estimate of drug-likeness (QED) is 0.850. The highest BCUT2D eigenvalue weighted by Gasteiger charge is 2.31. The molecule has 2 aromatic rings. The predicted molar refractivity (Wildman–Crippen MR) is 85.5 cm³/mol. The summed E-state index contributed by atoms with van der Waals surface area (Å²) in [4.78, 5) is 14.0. The Morgan fingerprint density at radius 2 is 2.09 bits per heavy atom. The Morgan fingerprint density at radius 3 is 2.78 bits per heavy atom. The fourth-order valence-corrected chi connectivity index (χ4v) is 4.32. The maximum atomic E-state index is 12.4. The molecule has 0 N–H and O–H groups in total. The fourth-order valence-electron chi connectivity index (χ4n) is 2.76. The van der Waals surface area contributed by atoms with Gasteiger partial charge in [0.15, 0.2) is 15.6 Å². The molecule has 1 fully saturated rings. The summed E-state index contributed by atoms with van der Waals surface area (Å²) in [6, 6.07) is 11.0. The van der Waals surface area contributed by atoms with Gasteiger partial charge in [0, 0.05) is 24.2 Å². The average molecular weight is 334 g/mol. The van der Waals surface area contributed by atoms with Crippen LogP contribution in [0.4, 0.5) is 0 Å². The van der Waals surface area contributed by atoms with Gasteiger partial charge in [0.25, 0.3) is 0 Å². The highest BCUT2D eigenvalue weighted by atomic mass is 32.2. The van der Waals surface area contributed by atoms with Crippen molar-refractivity contribution in [1.29, 1.82) is 0 Å². The van der Waals surface area contributed by atoms with Crippen LogP contribution in [0.5, 0.6) is 0 Å². The molecule has 1 aliphatic heterocycles. The van der Waals surface area contributed by atoms with E-state index in [0.717, 1.165) is 5.56 Å². The van der Waals surface area contributed by atoms with Gasteiger partial charge in [-0.1, -0.05) is 35.5 Å². The fraction of sp³-hybridized carbons (Fsp3) is 0.375. The number of hydrogen-bond acceptors (Lipinski definition) is 5. The molecule has 0 bridgehead atoms. The standard InChI is InChI=1S/C16H18N2O4S/c1-12-11-23(20,21)8-7-18(12)16(19)10-14-9-15(22-17-14)13-5-3-2-4-6-13/h2-6,9,12H,7-8,10-11H2,1H3/t12-/m0/s1. The van der Waals surface area contributed by atoms with Crippen LogP contribution in [0, 0.1) is 0 Å². The lowest BCUT2D eigenvalue weighted by atomic mass is 10.1. The molecule has 1 aliphatic rings. The van der Waals surface area contributed by atoms with Gasteiger partial charge in [-0.05, 0) is 6.92 Å². The van der Waals surface area contributed by atoms with E-state index >= 15 is 0 Å². The molecule has 122 valence electrons. The van der Waals surface area contributed by atoms with Crippen LogP contribution in [0.3, 0.4) is 0 Å². The summed E-state index contributed by atoms with van der Waals surface area (Å²) in [5, 5.41) is 3.94. The number of carbonyl (C=O) groups excluding carboxylic acids is 1. The van der Waals surface area contributed by atoms with Crippen molar-refractivity contribution in [2.24, 2.45) is 0 Å². The number of hydrogen-bond donors (Lipinski definition) is 0. The Bertz CT molecular complexity index is 798. The topological polar surface area (TPSA) is 80.5 Å². The molecule has 3 rings (SSSR count). The molecule has 1 saturated heterocycles. The second-order valence-corrected chi connectivity index (χ2v) is 8.00. The molecule has 6 nitrogen and oxygen atoms in total. The Labute approximate surface area is 135 Å². The molecule has 1 atom stereocenters. The van der Waals surface area contributed by atoms with Crippen molar-refractivity contribution in [3.05, 3.63) is 42.1 Å². The third-order valence-corrected chi connectivity index (χ3v) is 5.74. The molecule has 0 aliphatic carbocycles. The van der Waals surface area contributed by atoms with E-state index in [-0.39, 0.29) is 36.4 Å². The van der Waals surface area contributed by atoms with Crippen LogP contribution < -0.4 is 0 Å². The van der Waals surface area contributed by atoms with Gasteiger partial charge in [-0.3, -0.25) is 4.79 Å². The second kappa shape index (κ2) is 6.16. The van der Waals surface area contributed by atoms with E-state index in [4.69, 9.17) is 4.52 Å². The summed E-state index contributed by atoms with van der Waals surface area (Å²) in [6.07, 6.45) is 0.112. The third kappa shape index (κ3) is 3.61. The highest BCUT2D eigenvalue weighted by molar-refractivity contribution is 7.91. The van der Waals surface area contributed by atoms with E-state index in [1.807, 2.05) is 30.3 Å². The van der Waals surface area contributed by atoms with E-state index in [2.05, 4.69) is 5.16 Å². The zero-order valence-corrected chi connectivity index (χ0v) is 13.6. The van der Waals surface area contributed by atoms with E-state index in [0.29, 0.717) is 11.5 Å². The molecule has 1 aromatic carbocycles. The predicted octanol–water partition coefficient (Wildman–Crippen LogP) is 1.53. The van der Waals surface area contributed by atoms with Gasteiger partial charge in [-0.25, -0.2) is 8.42 Å². The molecular formula is C16H18N2O4S. The number of rotatable bonds is 3. The van der Waals surface area contributed by atoms with Crippen LogP contribution in [0.2, 0.25) is 0 Å². The highest BCUT2D eigenvalue weighted by Crippen LogP contribution is 2.21. The summed E-state index contributed by atoms with van der Waals surface area (Å²) in [5.41, 5.74) is 1.45. The molecule has 7 heteroatoms.